The zero-order valence-corrected chi connectivity index (χ0v) is 12.2. The summed E-state index contributed by atoms with van der Waals surface area (Å²) in [5, 5.41) is 10.2. The highest BCUT2D eigenvalue weighted by Gasteiger charge is 2.25. The smallest absolute Gasteiger partial charge is 0.345 e. The number of carboxylic acids is 1. The molecule has 1 heterocycles. The molecular weight excluding hydrogens is 274 g/mol. The fraction of sp³-hybridized carbons (Fsp3) is 0.545. The Kier molecular flexibility index (Phi) is 4.89. The Labute approximate surface area is 111 Å². The molecule has 0 spiro atoms. The summed E-state index contributed by atoms with van der Waals surface area (Å²) in [4.78, 5) is 10.9. The Hall–Kier alpha value is -0.920. The Morgan fingerprint density at radius 1 is 1.50 bits per heavy atom. The molecule has 1 N–H and O–H groups in total. The summed E-state index contributed by atoms with van der Waals surface area (Å²) >= 11 is 0.926. The summed E-state index contributed by atoms with van der Waals surface area (Å²) in [7, 11) is -3.58. The molecule has 0 radical (unpaired) electrons. The zero-order valence-electron chi connectivity index (χ0n) is 10.6. The van der Waals surface area contributed by atoms with Crippen LogP contribution in [-0.4, -0.2) is 36.9 Å². The van der Waals surface area contributed by atoms with Gasteiger partial charge in [0.05, 0.1) is 4.90 Å². The van der Waals surface area contributed by atoms with Gasteiger partial charge in [-0.15, -0.1) is 11.3 Å². The third-order valence-electron chi connectivity index (χ3n) is 2.35. The Bertz CT molecular complexity index is 519. The minimum atomic E-state index is -3.58. The third kappa shape index (κ3) is 3.30. The first kappa shape index (κ1) is 15.1. The summed E-state index contributed by atoms with van der Waals surface area (Å²) < 4.78 is 25.9. The van der Waals surface area contributed by atoms with Crippen LogP contribution in [0.1, 0.15) is 30.4 Å². The maximum atomic E-state index is 12.3. The third-order valence-corrected chi connectivity index (χ3v) is 5.33. The van der Waals surface area contributed by atoms with Crippen molar-refractivity contribution in [3.05, 3.63) is 16.3 Å². The molecule has 0 saturated carbocycles. The number of thiophene rings is 1. The lowest BCUT2D eigenvalue weighted by molar-refractivity contribution is 0.0702. The average Bonchev–Trinajstić information content (AvgIpc) is 2.75. The fourth-order valence-corrected chi connectivity index (χ4v) is 4.23. The lowest BCUT2D eigenvalue weighted by Crippen LogP contribution is -2.33. The van der Waals surface area contributed by atoms with E-state index in [0.717, 1.165) is 11.3 Å². The standard InChI is InChI=1S/C11H17NO4S2/c1-4-12(6-8(2)3)18(15,16)9-5-10(11(13)14)17-7-9/h5,7-8H,4,6H2,1-3H3,(H,13,14). The minimum absolute atomic E-state index is 0.0363. The Morgan fingerprint density at radius 3 is 2.50 bits per heavy atom. The molecule has 0 amide bonds. The van der Waals surface area contributed by atoms with Gasteiger partial charge in [-0.05, 0) is 12.0 Å². The molecule has 0 atom stereocenters. The number of carboxylic acid groups (broad SMARTS) is 1. The van der Waals surface area contributed by atoms with Gasteiger partial charge >= 0.3 is 5.97 Å². The molecule has 18 heavy (non-hydrogen) atoms. The van der Waals surface area contributed by atoms with Gasteiger partial charge in [0, 0.05) is 18.5 Å². The predicted molar refractivity (Wildman–Crippen MR) is 70.5 cm³/mol. The number of aromatic carboxylic acids is 1. The minimum Gasteiger partial charge on any atom is -0.477 e. The van der Waals surface area contributed by atoms with Crippen LogP contribution in [0.2, 0.25) is 0 Å². The number of hydrogen-bond donors (Lipinski definition) is 1. The number of hydrogen-bond acceptors (Lipinski definition) is 4. The van der Waals surface area contributed by atoms with Gasteiger partial charge in [0.2, 0.25) is 10.0 Å². The fourth-order valence-electron chi connectivity index (χ4n) is 1.52. The van der Waals surface area contributed by atoms with Crippen molar-refractivity contribution in [3.63, 3.8) is 0 Å². The molecule has 7 heteroatoms. The van der Waals surface area contributed by atoms with Gasteiger partial charge in [-0.25, -0.2) is 13.2 Å². The summed E-state index contributed by atoms with van der Waals surface area (Å²) in [6.45, 7) is 6.45. The molecule has 0 aromatic carbocycles. The van der Waals surface area contributed by atoms with Crippen LogP contribution in [0.3, 0.4) is 0 Å². The van der Waals surface area contributed by atoms with Crippen molar-refractivity contribution >= 4 is 27.3 Å². The Morgan fingerprint density at radius 2 is 2.11 bits per heavy atom. The van der Waals surface area contributed by atoms with E-state index < -0.39 is 16.0 Å². The van der Waals surface area contributed by atoms with Crippen LogP contribution in [-0.2, 0) is 10.0 Å². The van der Waals surface area contributed by atoms with Crippen LogP contribution in [0.4, 0.5) is 0 Å². The molecule has 1 rings (SSSR count). The molecule has 1 aromatic rings. The second kappa shape index (κ2) is 5.81. The first-order chi connectivity index (χ1) is 8.28. The summed E-state index contributed by atoms with van der Waals surface area (Å²) in [6.07, 6.45) is 0. The summed E-state index contributed by atoms with van der Waals surface area (Å²) in [5.41, 5.74) is 0. The van der Waals surface area contributed by atoms with Gasteiger partial charge in [0.25, 0.3) is 0 Å². The zero-order chi connectivity index (χ0) is 13.9. The molecule has 0 aliphatic rings. The number of carbonyl (C=O) groups is 1. The van der Waals surface area contributed by atoms with Crippen LogP contribution in [0, 0.1) is 5.92 Å². The van der Waals surface area contributed by atoms with Crippen molar-refractivity contribution < 1.29 is 18.3 Å². The van der Waals surface area contributed by atoms with Gasteiger partial charge in [-0.1, -0.05) is 20.8 Å². The molecule has 5 nitrogen and oxygen atoms in total. The average molecular weight is 291 g/mol. The molecule has 0 bridgehead atoms. The predicted octanol–water partition coefficient (Wildman–Crippen LogP) is 2.11. The lowest BCUT2D eigenvalue weighted by atomic mass is 10.2. The van der Waals surface area contributed by atoms with Gasteiger partial charge in [0.1, 0.15) is 4.88 Å². The van der Waals surface area contributed by atoms with E-state index in [1.54, 1.807) is 6.92 Å². The van der Waals surface area contributed by atoms with Gasteiger partial charge < -0.3 is 5.11 Å². The Balaban J connectivity index is 3.06. The van der Waals surface area contributed by atoms with Crippen LogP contribution in [0.5, 0.6) is 0 Å². The maximum Gasteiger partial charge on any atom is 0.345 e. The van der Waals surface area contributed by atoms with E-state index in [0.29, 0.717) is 13.1 Å². The number of rotatable bonds is 6. The monoisotopic (exact) mass is 291 g/mol. The highest BCUT2D eigenvalue weighted by atomic mass is 32.2. The molecule has 0 fully saturated rings. The molecule has 1 aromatic heterocycles. The normalized spacial score (nSPS) is 12.3. The van der Waals surface area contributed by atoms with Crippen LogP contribution in [0.15, 0.2) is 16.3 Å². The molecule has 0 aliphatic carbocycles. The van der Waals surface area contributed by atoms with E-state index in [1.807, 2.05) is 13.8 Å². The second-order valence-electron chi connectivity index (χ2n) is 4.30. The highest BCUT2D eigenvalue weighted by molar-refractivity contribution is 7.89. The van der Waals surface area contributed by atoms with E-state index >= 15 is 0 Å². The van der Waals surface area contributed by atoms with E-state index in [2.05, 4.69) is 0 Å². The van der Waals surface area contributed by atoms with Gasteiger partial charge in [-0.3, -0.25) is 0 Å². The molecular formula is C11H17NO4S2. The van der Waals surface area contributed by atoms with Crippen molar-refractivity contribution in [3.8, 4) is 0 Å². The van der Waals surface area contributed by atoms with Crippen molar-refractivity contribution in [1.29, 1.82) is 0 Å². The molecule has 0 aliphatic heterocycles. The summed E-state index contributed by atoms with van der Waals surface area (Å²) in [5.74, 6) is -0.884. The van der Waals surface area contributed by atoms with Gasteiger partial charge in [0.15, 0.2) is 0 Å². The topological polar surface area (TPSA) is 74.7 Å². The van der Waals surface area contributed by atoms with E-state index in [4.69, 9.17) is 5.11 Å². The summed E-state index contributed by atoms with van der Waals surface area (Å²) in [6, 6.07) is 1.21. The van der Waals surface area contributed by atoms with Crippen LogP contribution in [0.25, 0.3) is 0 Å². The van der Waals surface area contributed by atoms with Crippen LogP contribution < -0.4 is 0 Å². The molecule has 0 saturated heterocycles. The number of sulfonamides is 1. The second-order valence-corrected chi connectivity index (χ2v) is 7.15. The van der Waals surface area contributed by atoms with Crippen molar-refractivity contribution in [1.82, 2.24) is 4.31 Å². The number of nitrogens with zero attached hydrogens (tertiary/aromatic N) is 1. The first-order valence-electron chi connectivity index (χ1n) is 5.61. The highest BCUT2D eigenvalue weighted by Crippen LogP contribution is 2.23. The quantitative estimate of drug-likeness (QED) is 0.871. The van der Waals surface area contributed by atoms with Crippen molar-refractivity contribution in [2.75, 3.05) is 13.1 Å². The van der Waals surface area contributed by atoms with E-state index in [-0.39, 0.29) is 15.7 Å². The molecule has 0 unspecified atom stereocenters. The van der Waals surface area contributed by atoms with Gasteiger partial charge in [-0.2, -0.15) is 4.31 Å². The lowest BCUT2D eigenvalue weighted by Gasteiger charge is -2.21. The SMILES string of the molecule is CCN(CC(C)C)S(=O)(=O)c1csc(C(=O)O)c1. The van der Waals surface area contributed by atoms with E-state index in [9.17, 15) is 13.2 Å². The van der Waals surface area contributed by atoms with E-state index in [1.165, 1.54) is 15.8 Å². The van der Waals surface area contributed by atoms with Crippen molar-refractivity contribution in [2.45, 2.75) is 25.7 Å². The largest absolute Gasteiger partial charge is 0.477 e. The maximum absolute atomic E-state index is 12.3. The first-order valence-corrected chi connectivity index (χ1v) is 7.93. The van der Waals surface area contributed by atoms with Crippen LogP contribution >= 0.6 is 11.3 Å². The van der Waals surface area contributed by atoms with Crippen molar-refractivity contribution in [2.24, 2.45) is 5.92 Å². The molecule has 102 valence electrons.